The molecule has 82 valence electrons. The van der Waals surface area contributed by atoms with Gasteiger partial charge >= 0.3 is 5.97 Å². The molecule has 3 nitrogen and oxygen atoms in total. The van der Waals surface area contributed by atoms with E-state index in [2.05, 4.69) is 36.6 Å². The zero-order valence-corrected chi connectivity index (χ0v) is 11.5. The molecule has 0 saturated carbocycles. The zero-order chi connectivity index (χ0) is 11.4. The van der Waals surface area contributed by atoms with Gasteiger partial charge in [0.2, 0.25) is 0 Å². The van der Waals surface area contributed by atoms with Crippen molar-refractivity contribution in [1.82, 2.24) is 0 Å². The fourth-order valence-corrected chi connectivity index (χ4v) is 2.15. The Labute approximate surface area is 105 Å². The van der Waals surface area contributed by atoms with Gasteiger partial charge in [-0.05, 0) is 33.6 Å². The first-order chi connectivity index (χ1) is 7.13. The second kappa shape index (κ2) is 5.51. The van der Waals surface area contributed by atoms with E-state index in [4.69, 9.17) is 4.74 Å². The van der Waals surface area contributed by atoms with Crippen LogP contribution in [0.25, 0.3) is 0 Å². The Bertz CT molecular complexity index is 377. The van der Waals surface area contributed by atoms with Crippen molar-refractivity contribution in [3.8, 4) is 5.75 Å². The summed E-state index contributed by atoms with van der Waals surface area (Å²) >= 11 is 6.66. The Kier molecular flexibility index (Phi) is 4.60. The fraction of sp³-hybridized carbons (Fsp3) is 0.300. The summed E-state index contributed by atoms with van der Waals surface area (Å²) in [5, 5.41) is 0.698. The molecule has 1 aromatic carbocycles. The number of alkyl halides is 1. The van der Waals surface area contributed by atoms with Crippen LogP contribution in [-0.4, -0.2) is 20.2 Å². The lowest BCUT2D eigenvalue weighted by molar-refractivity contribution is 0.0596. The maximum Gasteiger partial charge on any atom is 0.342 e. The molecule has 0 unspecified atom stereocenters. The molecule has 15 heavy (non-hydrogen) atoms. The largest absolute Gasteiger partial charge is 0.496 e. The number of methoxy groups -OCH3 is 2. The van der Waals surface area contributed by atoms with Crippen LogP contribution < -0.4 is 4.74 Å². The van der Waals surface area contributed by atoms with E-state index < -0.39 is 5.97 Å². The second-order valence-electron chi connectivity index (χ2n) is 2.78. The van der Waals surface area contributed by atoms with E-state index in [1.54, 1.807) is 6.07 Å². The number of ether oxygens (including phenoxy) is 2. The number of carbonyl (C=O) groups is 1. The number of esters is 1. The normalized spacial score (nSPS) is 9.87. The van der Waals surface area contributed by atoms with Gasteiger partial charge in [-0.2, -0.15) is 0 Å². The summed E-state index contributed by atoms with van der Waals surface area (Å²) in [4.78, 5) is 11.5. The van der Waals surface area contributed by atoms with E-state index in [0.717, 1.165) is 5.56 Å². The summed E-state index contributed by atoms with van der Waals surface area (Å²) in [6.45, 7) is 0. The Balaban J connectivity index is 3.30. The molecule has 0 saturated heterocycles. The molecule has 0 N–H and O–H groups in total. The lowest BCUT2D eigenvalue weighted by Crippen LogP contribution is -2.05. The fourth-order valence-electron chi connectivity index (χ4n) is 1.17. The highest BCUT2D eigenvalue weighted by atomic mass is 79.9. The summed E-state index contributed by atoms with van der Waals surface area (Å²) in [7, 11) is 2.86. The SMILES string of the molecule is COC(=O)c1c(Br)cc(CBr)cc1OC. The minimum Gasteiger partial charge on any atom is -0.496 e. The van der Waals surface area contributed by atoms with Gasteiger partial charge in [0.1, 0.15) is 11.3 Å². The van der Waals surface area contributed by atoms with Gasteiger partial charge in [-0.1, -0.05) is 15.9 Å². The third kappa shape index (κ3) is 2.72. The molecule has 1 rings (SSSR count). The molecule has 0 aliphatic carbocycles. The maximum absolute atomic E-state index is 11.5. The topological polar surface area (TPSA) is 35.5 Å². The van der Waals surface area contributed by atoms with Crippen LogP contribution in [0.15, 0.2) is 16.6 Å². The second-order valence-corrected chi connectivity index (χ2v) is 4.20. The summed E-state index contributed by atoms with van der Waals surface area (Å²) in [6.07, 6.45) is 0. The van der Waals surface area contributed by atoms with Crippen molar-refractivity contribution in [3.63, 3.8) is 0 Å². The van der Waals surface area contributed by atoms with Crippen molar-refractivity contribution in [2.75, 3.05) is 14.2 Å². The quantitative estimate of drug-likeness (QED) is 0.628. The van der Waals surface area contributed by atoms with Crippen molar-refractivity contribution in [1.29, 1.82) is 0 Å². The van der Waals surface area contributed by atoms with Gasteiger partial charge in [-0.3, -0.25) is 0 Å². The average molecular weight is 338 g/mol. The third-order valence-electron chi connectivity index (χ3n) is 1.88. The molecule has 0 aliphatic heterocycles. The van der Waals surface area contributed by atoms with Crippen LogP contribution in [0, 0.1) is 0 Å². The highest BCUT2D eigenvalue weighted by Crippen LogP contribution is 2.30. The Morgan fingerprint density at radius 2 is 2.07 bits per heavy atom. The van der Waals surface area contributed by atoms with E-state index in [1.165, 1.54) is 14.2 Å². The molecule has 0 bridgehead atoms. The van der Waals surface area contributed by atoms with E-state index in [-0.39, 0.29) is 0 Å². The zero-order valence-electron chi connectivity index (χ0n) is 8.34. The lowest BCUT2D eigenvalue weighted by atomic mass is 10.1. The first kappa shape index (κ1) is 12.5. The summed E-state index contributed by atoms with van der Waals surface area (Å²) in [5.74, 6) is 0.0884. The number of rotatable bonds is 3. The van der Waals surface area contributed by atoms with Gasteiger partial charge < -0.3 is 9.47 Å². The molecule has 0 aromatic heterocycles. The highest BCUT2D eigenvalue weighted by molar-refractivity contribution is 9.10. The van der Waals surface area contributed by atoms with Crippen LogP contribution >= 0.6 is 31.9 Å². The molecule has 0 amide bonds. The smallest absolute Gasteiger partial charge is 0.342 e. The highest BCUT2D eigenvalue weighted by Gasteiger charge is 2.17. The van der Waals surface area contributed by atoms with Crippen molar-refractivity contribution in [2.24, 2.45) is 0 Å². The van der Waals surface area contributed by atoms with Crippen LogP contribution in [-0.2, 0) is 10.1 Å². The van der Waals surface area contributed by atoms with Gasteiger partial charge in [0, 0.05) is 9.80 Å². The summed E-state index contributed by atoms with van der Waals surface area (Å²) in [6, 6.07) is 3.65. The van der Waals surface area contributed by atoms with Crippen molar-refractivity contribution >= 4 is 37.8 Å². The Hall–Kier alpha value is -0.550. The maximum atomic E-state index is 11.5. The first-order valence-corrected chi connectivity index (χ1v) is 6.06. The van der Waals surface area contributed by atoms with Crippen molar-refractivity contribution in [2.45, 2.75) is 5.33 Å². The predicted octanol–water partition coefficient (Wildman–Crippen LogP) is 3.14. The molecule has 5 heteroatoms. The summed E-state index contributed by atoms with van der Waals surface area (Å²) < 4.78 is 10.5. The van der Waals surface area contributed by atoms with E-state index >= 15 is 0 Å². The van der Waals surface area contributed by atoms with E-state index in [1.807, 2.05) is 6.07 Å². The molecule has 1 aromatic rings. The van der Waals surface area contributed by atoms with Crippen LogP contribution in [0.2, 0.25) is 0 Å². The van der Waals surface area contributed by atoms with Gasteiger partial charge in [0.15, 0.2) is 0 Å². The Morgan fingerprint density at radius 3 is 2.53 bits per heavy atom. The lowest BCUT2D eigenvalue weighted by Gasteiger charge is -2.10. The molecule has 0 fully saturated rings. The van der Waals surface area contributed by atoms with Crippen LogP contribution in [0.3, 0.4) is 0 Å². The van der Waals surface area contributed by atoms with Gasteiger partial charge in [-0.15, -0.1) is 0 Å². The molecule has 0 radical (unpaired) electrons. The van der Waals surface area contributed by atoms with E-state index in [9.17, 15) is 4.79 Å². The standard InChI is InChI=1S/C10H10Br2O3/c1-14-8-4-6(5-11)3-7(12)9(8)10(13)15-2/h3-4H,5H2,1-2H3. The van der Waals surface area contributed by atoms with Crippen molar-refractivity contribution < 1.29 is 14.3 Å². The average Bonchev–Trinajstić information content (AvgIpc) is 2.26. The van der Waals surface area contributed by atoms with Crippen LogP contribution in [0.4, 0.5) is 0 Å². The van der Waals surface area contributed by atoms with Gasteiger partial charge in [0.25, 0.3) is 0 Å². The molecule has 0 spiro atoms. The number of benzene rings is 1. The molecule has 0 heterocycles. The molecule has 0 atom stereocenters. The monoisotopic (exact) mass is 336 g/mol. The van der Waals surface area contributed by atoms with E-state index in [0.29, 0.717) is 21.1 Å². The first-order valence-electron chi connectivity index (χ1n) is 4.14. The van der Waals surface area contributed by atoms with Crippen molar-refractivity contribution in [3.05, 3.63) is 27.7 Å². The van der Waals surface area contributed by atoms with Crippen LogP contribution in [0.1, 0.15) is 15.9 Å². The van der Waals surface area contributed by atoms with Gasteiger partial charge in [-0.25, -0.2) is 4.79 Å². The predicted molar refractivity (Wildman–Crippen MR) is 64.7 cm³/mol. The van der Waals surface area contributed by atoms with Crippen LogP contribution in [0.5, 0.6) is 5.75 Å². The molecular weight excluding hydrogens is 328 g/mol. The number of hydrogen-bond donors (Lipinski definition) is 0. The number of carbonyl (C=O) groups excluding carboxylic acids is 1. The minimum absolute atomic E-state index is 0.407. The summed E-state index contributed by atoms with van der Waals surface area (Å²) in [5.41, 5.74) is 1.43. The Morgan fingerprint density at radius 1 is 1.40 bits per heavy atom. The minimum atomic E-state index is -0.417. The third-order valence-corrected chi connectivity index (χ3v) is 3.15. The number of hydrogen-bond acceptors (Lipinski definition) is 3. The number of halogens is 2. The van der Waals surface area contributed by atoms with Gasteiger partial charge in [0.05, 0.1) is 14.2 Å². The molecule has 0 aliphatic rings. The molecular formula is C10H10Br2O3.